The van der Waals surface area contributed by atoms with E-state index in [1.165, 1.54) is 6.07 Å². The Labute approximate surface area is 144 Å². The summed E-state index contributed by atoms with van der Waals surface area (Å²) in [7, 11) is 0. The van der Waals surface area contributed by atoms with Crippen LogP contribution in [0.3, 0.4) is 0 Å². The third kappa shape index (κ3) is 4.02. The molecule has 0 spiro atoms. The first-order valence-corrected chi connectivity index (χ1v) is 8.19. The molecule has 1 heterocycles. The first kappa shape index (κ1) is 17.1. The summed E-state index contributed by atoms with van der Waals surface area (Å²) >= 11 is 5.90. The Balaban J connectivity index is 1.63. The number of nitrogens with zero attached hydrogens (tertiary/aromatic N) is 2. The second kappa shape index (κ2) is 7.03. The summed E-state index contributed by atoms with van der Waals surface area (Å²) in [5, 5.41) is 0.696. The molecule has 0 atom stereocenters. The Kier molecular flexibility index (Phi) is 5.01. The summed E-state index contributed by atoms with van der Waals surface area (Å²) in [6.07, 6.45) is -4.30. The van der Waals surface area contributed by atoms with Gasteiger partial charge in [-0.2, -0.15) is 13.2 Å². The first-order valence-electron chi connectivity index (χ1n) is 7.81. The molecule has 0 radical (unpaired) electrons. The maximum atomic E-state index is 13.1. The van der Waals surface area contributed by atoms with Crippen LogP contribution in [0.5, 0.6) is 0 Å². The molecule has 1 fully saturated rings. The molecular formula is C18H18ClF3N2. The van der Waals surface area contributed by atoms with Crippen molar-refractivity contribution in [2.75, 3.05) is 31.1 Å². The lowest BCUT2D eigenvalue weighted by Crippen LogP contribution is -2.46. The van der Waals surface area contributed by atoms with Gasteiger partial charge in [0, 0.05) is 43.4 Å². The van der Waals surface area contributed by atoms with Crippen molar-refractivity contribution in [2.45, 2.75) is 12.7 Å². The molecule has 0 N–H and O–H groups in total. The summed E-state index contributed by atoms with van der Waals surface area (Å²) in [5.74, 6) is 0. The minimum Gasteiger partial charge on any atom is -0.369 e. The van der Waals surface area contributed by atoms with E-state index in [1.54, 1.807) is 12.1 Å². The van der Waals surface area contributed by atoms with Crippen LogP contribution in [0.4, 0.5) is 18.9 Å². The molecule has 1 saturated heterocycles. The molecule has 2 aromatic rings. The van der Waals surface area contributed by atoms with Gasteiger partial charge in [0.05, 0.1) is 5.56 Å². The average Bonchev–Trinajstić information content (AvgIpc) is 2.56. The van der Waals surface area contributed by atoms with E-state index in [4.69, 9.17) is 11.6 Å². The van der Waals surface area contributed by atoms with Crippen molar-refractivity contribution in [1.29, 1.82) is 0 Å². The third-order valence-corrected chi connectivity index (χ3v) is 4.53. The van der Waals surface area contributed by atoms with Crippen molar-refractivity contribution in [1.82, 2.24) is 4.90 Å². The average molecular weight is 355 g/mol. The highest BCUT2D eigenvalue weighted by Crippen LogP contribution is 2.32. The standard InChI is InChI=1S/C18H18ClF3N2/c19-15-5-7-16(8-6-15)24-11-9-23(10-12-24)13-14-3-1-2-4-17(14)18(20,21)22/h1-8H,9-13H2. The van der Waals surface area contributed by atoms with Gasteiger partial charge in [0.2, 0.25) is 0 Å². The highest BCUT2D eigenvalue weighted by molar-refractivity contribution is 6.30. The van der Waals surface area contributed by atoms with Gasteiger partial charge in [0.1, 0.15) is 0 Å². The largest absolute Gasteiger partial charge is 0.416 e. The van der Waals surface area contributed by atoms with Crippen LogP contribution in [0.15, 0.2) is 48.5 Å². The van der Waals surface area contributed by atoms with E-state index in [1.807, 2.05) is 24.3 Å². The fourth-order valence-electron chi connectivity index (χ4n) is 2.99. The SMILES string of the molecule is FC(F)(F)c1ccccc1CN1CCN(c2ccc(Cl)cc2)CC1. The number of anilines is 1. The smallest absolute Gasteiger partial charge is 0.369 e. The lowest BCUT2D eigenvalue weighted by Gasteiger charge is -2.36. The zero-order valence-corrected chi connectivity index (χ0v) is 13.8. The van der Waals surface area contributed by atoms with Gasteiger partial charge in [0.15, 0.2) is 0 Å². The number of rotatable bonds is 3. The molecule has 2 nitrogen and oxygen atoms in total. The van der Waals surface area contributed by atoms with Crippen LogP contribution >= 0.6 is 11.6 Å². The number of piperazine rings is 1. The van der Waals surface area contributed by atoms with Crippen LogP contribution in [-0.4, -0.2) is 31.1 Å². The summed E-state index contributed by atoms with van der Waals surface area (Å²) in [6.45, 7) is 3.36. The molecule has 0 aliphatic carbocycles. The highest BCUT2D eigenvalue weighted by Gasteiger charge is 2.33. The minimum absolute atomic E-state index is 0.324. The number of halogens is 4. The second-order valence-electron chi connectivity index (χ2n) is 5.89. The predicted molar refractivity (Wildman–Crippen MR) is 90.4 cm³/mol. The zero-order chi connectivity index (χ0) is 17.2. The van der Waals surface area contributed by atoms with Gasteiger partial charge in [-0.1, -0.05) is 29.8 Å². The molecule has 128 valence electrons. The van der Waals surface area contributed by atoms with E-state index in [0.717, 1.165) is 37.9 Å². The van der Waals surface area contributed by atoms with Gasteiger partial charge in [-0.05, 0) is 35.9 Å². The number of benzene rings is 2. The molecule has 1 aliphatic heterocycles. The summed E-state index contributed by atoms with van der Waals surface area (Å²) in [6, 6.07) is 13.5. The molecule has 0 aromatic heterocycles. The molecule has 0 unspecified atom stereocenters. The van der Waals surface area contributed by atoms with Crippen molar-refractivity contribution < 1.29 is 13.2 Å². The van der Waals surface area contributed by atoms with E-state index in [9.17, 15) is 13.2 Å². The van der Waals surface area contributed by atoms with Crippen molar-refractivity contribution in [2.24, 2.45) is 0 Å². The van der Waals surface area contributed by atoms with Gasteiger partial charge in [-0.15, -0.1) is 0 Å². The van der Waals surface area contributed by atoms with Crippen LogP contribution in [0.1, 0.15) is 11.1 Å². The fourth-order valence-corrected chi connectivity index (χ4v) is 3.12. The molecule has 1 aliphatic rings. The highest BCUT2D eigenvalue weighted by atomic mass is 35.5. The third-order valence-electron chi connectivity index (χ3n) is 4.28. The Bertz CT molecular complexity index is 677. The Morgan fingerprint density at radius 1 is 0.875 bits per heavy atom. The monoisotopic (exact) mass is 354 g/mol. The zero-order valence-electron chi connectivity index (χ0n) is 13.1. The second-order valence-corrected chi connectivity index (χ2v) is 6.33. The Hall–Kier alpha value is -1.72. The maximum Gasteiger partial charge on any atom is 0.416 e. The topological polar surface area (TPSA) is 6.48 Å². The summed E-state index contributed by atoms with van der Waals surface area (Å²) in [5.41, 5.74) is 0.893. The number of hydrogen-bond acceptors (Lipinski definition) is 2. The summed E-state index contributed by atoms with van der Waals surface area (Å²) in [4.78, 5) is 4.29. The van der Waals surface area contributed by atoms with E-state index < -0.39 is 11.7 Å². The van der Waals surface area contributed by atoms with E-state index in [2.05, 4.69) is 9.80 Å². The lowest BCUT2D eigenvalue weighted by molar-refractivity contribution is -0.138. The Morgan fingerprint density at radius 3 is 2.12 bits per heavy atom. The van der Waals surface area contributed by atoms with E-state index in [-0.39, 0.29) is 0 Å². The van der Waals surface area contributed by atoms with Crippen molar-refractivity contribution in [3.8, 4) is 0 Å². The van der Waals surface area contributed by atoms with Gasteiger partial charge in [0.25, 0.3) is 0 Å². The number of alkyl halides is 3. The predicted octanol–water partition coefficient (Wildman–Crippen LogP) is 4.68. The van der Waals surface area contributed by atoms with Gasteiger partial charge < -0.3 is 4.90 Å². The fraction of sp³-hybridized carbons (Fsp3) is 0.333. The van der Waals surface area contributed by atoms with E-state index >= 15 is 0 Å². The molecule has 0 bridgehead atoms. The van der Waals surface area contributed by atoms with Crippen molar-refractivity contribution >= 4 is 17.3 Å². The minimum atomic E-state index is -4.30. The van der Waals surface area contributed by atoms with Crippen LogP contribution in [0.2, 0.25) is 5.02 Å². The molecule has 3 rings (SSSR count). The van der Waals surface area contributed by atoms with E-state index in [0.29, 0.717) is 17.1 Å². The van der Waals surface area contributed by atoms with Crippen LogP contribution in [0.25, 0.3) is 0 Å². The maximum absolute atomic E-state index is 13.1. The first-order chi connectivity index (χ1) is 11.4. The van der Waals surface area contributed by atoms with Crippen molar-refractivity contribution in [3.05, 3.63) is 64.7 Å². The molecule has 0 amide bonds. The molecular weight excluding hydrogens is 337 g/mol. The number of hydrogen-bond donors (Lipinski definition) is 0. The van der Waals surface area contributed by atoms with Crippen LogP contribution < -0.4 is 4.90 Å². The van der Waals surface area contributed by atoms with Crippen LogP contribution in [-0.2, 0) is 12.7 Å². The quantitative estimate of drug-likeness (QED) is 0.789. The van der Waals surface area contributed by atoms with Gasteiger partial charge >= 0.3 is 6.18 Å². The normalized spacial score (nSPS) is 16.4. The van der Waals surface area contributed by atoms with Gasteiger partial charge in [-0.3, -0.25) is 4.90 Å². The van der Waals surface area contributed by atoms with Gasteiger partial charge in [-0.25, -0.2) is 0 Å². The molecule has 2 aromatic carbocycles. The lowest BCUT2D eigenvalue weighted by atomic mass is 10.1. The molecule has 24 heavy (non-hydrogen) atoms. The molecule has 6 heteroatoms. The summed E-state index contributed by atoms with van der Waals surface area (Å²) < 4.78 is 39.2. The van der Waals surface area contributed by atoms with Crippen molar-refractivity contribution in [3.63, 3.8) is 0 Å². The van der Waals surface area contributed by atoms with Crippen LogP contribution in [0, 0.1) is 0 Å². The Morgan fingerprint density at radius 2 is 1.50 bits per heavy atom. The molecule has 0 saturated carbocycles.